The number of carboxylic acid groups (broad SMARTS) is 1. The van der Waals surface area contributed by atoms with E-state index in [0.717, 1.165) is 44.8 Å². The molecule has 0 aromatic carbocycles. The Morgan fingerprint density at radius 1 is 1.00 bits per heavy atom. The van der Waals surface area contributed by atoms with E-state index in [9.17, 15) is 9.59 Å². The highest BCUT2D eigenvalue weighted by Crippen LogP contribution is 2.36. The summed E-state index contributed by atoms with van der Waals surface area (Å²) in [6.07, 6.45) is 7.85. The second kappa shape index (κ2) is 6.24. The van der Waals surface area contributed by atoms with Crippen LogP contribution in [0.3, 0.4) is 0 Å². The monoisotopic (exact) mass is 294 g/mol. The van der Waals surface area contributed by atoms with Crippen LogP contribution in [0.5, 0.6) is 0 Å². The van der Waals surface area contributed by atoms with Crippen molar-refractivity contribution < 1.29 is 14.7 Å². The molecule has 2 saturated carbocycles. The molecule has 0 unspecified atom stereocenters. The van der Waals surface area contributed by atoms with Gasteiger partial charge in [-0.3, -0.25) is 4.79 Å². The molecule has 21 heavy (non-hydrogen) atoms. The molecule has 3 rings (SSSR count). The minimum absolute atomic E-state index is 0.237. The van der Waals surface area contributed by atoms with Crippen LogP contribution in [0.4, 0.5) is 4.79 Å². The van der Waals surface area contributed by atoms with Crippen molar-refractivity contribution in [3.63, 3.8) is 0 Å². The van der Waals surface area contributed by atoms with Crippen LogP contribution in [-0.2, 0) is 4.79 Å². The van der Waals surface area contributed by atoms with Gasteiger partial charge in [-0.15, -0.1) is 0 Å². The number of carboxylic acids is 1. The summed E-state index contributed by atoms with van der Waals surface area (Å²) < 4.78 is 0. The first-order valence-electron chi connectivity index (χ1n) is 8.41. The van der Waals surface area contributed by atoms with Crippen LogP contribution in [0.15, 0.2) is 0 Å². The summed E-state index contributed by atoms with van der Waals surface area (Å²) in [5, 5.41) is 8.74. The van der Waals surface area contributed by atoms with Gasteiger partial charge in [0, 0.05) is 32.1 Å². The van der Waals surface area contributed by atoms with Crippen LogP contribution in [0.25, 0.3) is 0 Å². The molecule has 0 radical (unpaired) electrons. The fourth-order valence-electron chi connectivity index (χ4n) is 3.27. The maximum Gasteiger partial charge on any atom is 0.320 e. The number of hydrogen-bond donors (Lipinski definition) is 1. The Hall–Kier alpha value is -1.26. The van der Waals surface area contributed by atoms with Crippen molar-refractivity contribution in [2.45, 2.75) is 57.4 Å². The molecular weight excluding hydrogens is 268 g/mol. The highest BCUT2D eigenvalue weighted by Gasteiger charge is 2.38. The molecule has 3 aliphatic rings. The number of carbonyl (C=O) groups excluding carboxylic acids is 1. The van der Waals surface area contributed by atoms with Gasteiger partial charge in [0.05, 0.1) is 0 Å². The van der Waals surface area contributed by atoms with Gasteiger partial charge < -0.3 is 14.9 Å². The van der Waals surface area contributed by atoms with Crippen molar-refractivity contribution in [1.82, 2.24) is 9.80 Å². The number of urea groups is 1. The zero-order valence-corrected chi connectivity index (χ0v) is 12.7. The quantitative estimate of drug-likeness (QED) is 0.819. The van der Waals surface area contributed by atoms with Crippen molar-refractivity contribution in [1.29, 1.82) is 0 Å². The molecule has 0 atom stereocenters. The van der Waals surface area contributed by atoms with E-state index in [2.05, 4.69) is 4.90 Å². The lowest BCUT2D eigenvalue weighted by molar-refractivity contribution is -0.137. The maximum absolute atomic E-state index is 12.7. The number of nitrogens with zero attached hydrogens (tertiary/aromatic N) is 2. The Kier molecular flexibility index (Phi) is 4.36. The largest absolute Gasteiger partial charge is 0.481 e. The molecule has 2 amide bonds. The molecule has 1 saturated heterocycles. The third-order valence-electron chi connectivity index (χ3n) is 5.04. The lowest BCUT2D eigenvalue weighted by Gasteiger charge is -2.36. The predicted molar refractivity (Wildman–Crippen MR) is 79.0 cm³/mol. The minimum Gasteiger partial charge on any atom is -0.481 e. The zero-order chi connectivity index (χ0) is 14.8. The van der Waals surface area contributed by atoms with Gasteiger partial charge in [0.2, 0.25) is 0 Å². The van der Waals surface area contributed by atoms with Gasteiger partial charge in [-0.25, -0.2) is 4.79 Å². The van der Waals surface area contributed by atoms with Gasteiger partial charge in [-0.2, -0.15) is 0 Å². The van der Waals surface area contributed by atoms with Gasteiger partial charge in [0.25, 0.3) is 0 Å². The number of amides is 2. The summed E-state index contributed by atoms with van der Waals surface area (Å²) in [5.41, 5.74) is 0. The summed E-state index contributed by atoms with van der Waals surface area (Å²) in [4.78, 5) is 27.4. The number of hydrogen-bond acceptors (Lipinski definition) is 2. The Bertz CT molecular complexity index is 396. The predicted octanol–water partition coefficient (Wildman–Crippen LogP) is 2.56. The van der Waals surface area contributed by atoms with Crippen LogP contribution in [-0.4, -0.2) is 52.6 Å². The molecular formula is C16H26N2O3. The molecule has 1 N–H and O–H groups in total. The average molecular weight is 294 g/mol. The van der Waals surface area contributed by atoms with E-state index in [1.807, 2.05) is 4.90 Å². The summed E-state index contributed by atoms with van der Waals surface area (Å²) in [7, 11) is 0. The molecule has 0 bridgehead atoms. The van der Waals surface area contributed by atoms with Gasteiger partial charge in [-0.05, 0) is 56.8 Å². The van der Waals surface area contributed by atoms with Crippen molar-refractivity contribution in [2.24, 2.45) is 11.8 Å². The first kappa shape index (κ1) is 14.7. The number of aliphatic carboxylic acids is 1. The molecule has 0 spiro atoms. The second-order valence-electron chi connectivity index (χ2n) is 6.97. The van der Waals surface area contributed by atoms with Crippen LogP contribution in [0, 0.1) is 11.8 Å². The molecule has 1 aliphatic heterocycles. The fourth-order valence-corrected chi connectivity index (χ4v) is 3.27. The first-order chi connectivity index (χ1) is 10.1. The van der Waals surface area contributed by atoms with E-state index < -0.39 is 5.97 Å². The summed E-state index contributed by atoms with van der Waals surface area (Å²) >= 11 is 0. The molecule has 0 aromatic heterocycles. The third-order valence-corrected chi connectivity index (χ3v) is 5.04. The Morgan fingerprint density at radius 3 is 2.19 bits per heavy atom. The van der Waals surface area contributed by atoms with Crippen molar-refractivity contribution in [3.05, 3.63) is 0 Å². The second-order valence-corrected chi connectivity index (χ2v) is 6.97. The topological polar surface area (TPSA) is 60.9 Å². The molecule has 2 aliphatic carbocycles. The standard InChI is InChI=1S/C16H26N2O3/c19-15(20)6-3-12-7-9-17(10-8-12)16(21)18(14-4-5-14)11-13-1-2-13/h12-14H,1-11H2,(H,19,20). The smallest absolute Gasteiger partial charge is 0.320 e. The van der Waals surface area contributed by atoms with E-state index >= 15 is 0 Å². The van der Waals surface area contributed by atoms with E-state index in [4.69, 9.17) is 5.11 Å². The van der Waals surface area contributed by atoms with Crippen LogP contribution in [0.2, 0.25) is 0 Å². The minimum atomic E-state index is -0.710. The van der Waals surface area contributed by atoms with Crippen molar-refractivity contribution >= 4 is 12.0 Å². The lowest BCUT2D eigenvalue weighted by atomic mass is 9.92. The maximum atomic E-state index is 12.7. The van der Waals surface area contributed by atoms with Crippen molar-refractivity contribution in [2.75, 3.05) is 19.6 Å². The highest BCUT2D eigenvalue weighted by molar-refractivity contribution is 5.75. The van der Waals surface area contributed by atoms with E-state index in [1.54, 1.807) is 0 Å². The molecule has 1 heterocycles. The Balaban J connectivity index is 1.46. The average Bonchev–Trinajstić information content (AvgIpc) is 3.36. The highest BCUT2D eigenvalue weighted by atomic mass is 16.4. The number of piperidine rings is 1. The van der Waals surface area contributed by atoms with E-state index in [1.165, 1.54) is 25.7 Å². The van der Waals surface area contributed by atoms with E-state index in [0.29, 0.717) is 12.0 Å². The van der Waals surface area contributed by atoms with E-state index in [-0.39, 0.29) is 12.5 Å². The number of rotatable bonds is 6. The van der Waals surface area contributed by atoms with Gasteiger partial charge in [0.1, 0.15) is 0 Å². The zero-order valence-electron chi connectivity index (χ0n) is 12.7. The summed E-state index contributed by atoms with van der Waals surface area (Å²) in [5.74, 6) is 0.517. The molecule has 5 nitrogen and oxygen atoms in total. The molecule has 118 valence electrons. The fraction of sp³-hybridized carbons (Fsp3) is 0.875. The van der Waals surface area contributed by atoms with Gasteiger partial charge in [0.15, 0.2) is 0 Å². The summed E-state index contributed by atoms with van der Waals surface area (Å²) in [6, 6.07) is 0.740. The molecule has 5 heteroatoms. The number of likely N-dealkylation sites (tertiary alicyclic amines) is 1. The van der Waals surface area contributed by atoms with Crippen LogP contribution < -0.4 is 0 Å². The van der Waals surface area contributed by atoms with Crippen molar-refractivity contribution in [3.8, 4) is 0 Å². The first-order valence-corrected chi connectivity index (χ1v) is 8.41. The van der Waals surface area contributed by atoms with Gasteiger partial charge in [-0.1, -0.05) is 0 Å². The summed E-state index contributed by atoms with van der Waals surface area (Å²) in [6.45, 7) is 2.57. The Labute approximate surface area is 126 Å². The van der Waals surface area contributed by atoms with Gasteiger partial charge >= 0.3 is 12.0 Å². The normalized spacial score (nSPS) is 23.1. The van der Waals surface area contributed by atoms with Crippen LogP contribution in [0.1, 0.15) is 51.4 Å². The SMILES string of the molecule is O=C(O)CCC1CCN(C(=O)N(CC2CC2)C2CC2)CC1. The third kappa shape index (κ3) is 4.11. The lowest BCUT2D eigenvalue weighted by Crippen LogP contribution is -2.48. The van der Waals surface area contributed by atoms with Crippen LogP contribution >= 0.6 is 0 Å². The molecule has 3 fully saturated rings. The Morgan fingerprint density at radius 2 is 1.67 bits per heavy atom. The number of carbonyl (C=O) groups is 2. The molecule has 0 aromatic rings.